The van der Waals surface area contributed by atoms with Crippen LogP contribution in [0.2, 0.25) is 0 Å². The van der Waals surface area contributed by atoms with E-state index in [0.29, 0.717) is 15.3 Å². The fraction of sp³-hybridized carbons (Fsp3) is 0.125. The zero-order valence-electron chi connectivity index (χ0n) is 11.7. The van der Waals surface area contributed by atoms with Crippen molar-refractivity contribution in [3.8, 4) is 5.88 Å². The molecule has 0 spiro atoms. The predicted octanol–water partition coefficient (Wildman–Crippen LogP) is 2.46. The highest BCUT2D eigenvalue weighted by Crippen LogP contribution is 2.31. The third kappa shape index (κ3) is 2.25. The summed E-state index contributed by atoms with van der Waals surface area (Å²) in [7, 11) is 3.42. The van der Waals surface area contributed by atoms with Crippen LogP contribution in [0, 0.1) is 0 Å². The maximum absolute atomic E-state index is 12.2. The van der Waals surface area contributed by atoms with E-state index in [4.69, 9.17) is 0 Å². The molecule has 3 rings (SSSR count). The average Bonchev–Trinajstić information content (AvgIpc) is 2.78. The molecule has 1 heterocycles. The molecule has 21 heavy (non-hydrogen) atoms. The quantitative estimate of drug-likeness (QED) is 0.822. The van der Waals surface area contributed by atoms with E-state index in [-0.39, 0.29) is 11.7 Å². The van der Waals surface area contributed by atoms with Gasteiger partial charge in [0.15, 0.2) is 10.6 Å². The molecule has 0 aliphatic heterocycles. The molecule has 0 radical (unpaired) electrons. The van der Waals surface area contributed by atoms with Gasteiger partial charge in [-0.3, -0.25) is 14.4 Å². The van der Waals surface area contributed by atoms with Gasteiger partial charge in [0.05, 0.1) is 4.88 Å². The molecule has 1 N–H and O–H groups in total. The molecule has 1 aromatic heterocycles. The summed E-state index contributed by atoms with van der Waals surface area (Å²) in [5.74, 6) is 0.0621. The van der Waals surface area contributed by atoms with Crippen LogP contribution in [0.3, 0.4) is 0 Å². The monoisotopic (exact) mass is 298 g/mol. The lowest BCUT2D eigenvalue weighted by Gasteiger charge is -2.12. The van der Waals surface area contributed by atoms with Crippen molar-refractivity contribution in [3.63, 3.8) is 0 Å². The molecule has 0 atom stereocenters. The molecule has 1 aliphatic carbocycles. The van der Waals surface area contributed by atoms with E-state index >= 15 is 0 Å². The molecule has 0 bridgehead atoms. The average molecular weight is 298 g/mol. The van der Waals surface area contributed by atoms with E-state index in [1.807, 2.05) is 30.3 Å². The van der Waals surface area contributed by atoms with E-state index in [2.05, 4.69) is 4.99 Å². The molecular formula is C16H14N2O2S. The Kier molecular flexibility index (Phi) is 3.35. The highest BCUT2D eigenvalue weighted by molar-refractivity contribution is 7.10. The summed E-state index contributed by atoms with van der Waals surface area (Å²) >= 11 is 1.35. The number of carbonyl (C=O) groups is 1. The van der Waals surface area contributed by atoms with Crippen LogP contribution in [-0.2, 0) is 11.8 Å². The Balaban J connectivity index is 2.20. The number of aromatic hydroxyl groups is 1. The van der Waals surface area contributed by atoms with Gasteiger partial charge in [0.2, 0.25) is 5.88 Å². The number of ketones is 1. The van der Waals surface area contributed by atoms with Crippen molar-refractivity contribution in [2.75, 3.05) is 7.05 Å². The van der Waals surface area contributed by atoms with Crippen LogP contribution < -0.4 is 4.80 Å². The summed E-state index contributed by atoms with van der Waals surface area (Å²) < 4.78 is 1.60. The lowest BCUT2D eigenvalue weighted by atomic mass is 9.91. The standard InChI is InChI=1S/C16H14N2O2S/c1-17-16-18(2)15(20)14(21-16)9-12-11-6-4-3-5-10(11)7-8-13(12)19/h3-9,20H,1-2H3/b12-9+,17-16?. The predicted molar refractivity (Wildman–Crippen MR) is 84.8 cm³/mol. The number of carbonyl (C=O) groups excluding carboxylic acids is 1. The molecule has 1 aliphatic rings. The van der Waals surface area contributed by atoms with Crippen molar-refractivity contribution >= 4 is 34.8 Å². The van der Waals surface area contributed by atoms with Gasteiger partial charge in [0, 0.05) is 19.7 Å². The Bertz CT molecular complexity index is 853. The fourth-order valence-electron chi connectivity index (χ4n) is 2.31. The highest BCUT2D eigenvalue weighted by Gasteiger charge is 2.18. The molecule has 1 aromatic carbocycles. The lowest BCUT2D eigenvalue weighted by molar-refractivity contribution is -0.109. The molecule has 2 aromatic rings. The van der Waals surface area contributed by atoms with E-state index in [1.54, 1.807) is 30.8 Å². The highest BCUT2D eigenvalue weighted by atomic mass is 32.1. The van der Waals surface area contributed by atoms with E-state index < -0.39 is 0 Å². The molecule has 5 heteroatoms. The Morgan fingerprint density at radius 3 is 2.76 bits per heavy atom. The molecule has 4 nitrogen and oxygen atoms in total. The van der Waals surface area contributed by atoms with Crippen LogP contribution in [0.1, 0.15) is 16.0 Å². The minimum atomic E-state index is -0.0564. The molecule has 0 unspecified atom stereocenters. The van der Waals surface area contributed by atoms with Gasteiger partial charge in [0.1, 0.15) is 0 Å². The van der Waals surface area contributed by atoms with Gasteiger partial charge in [-0.05, 0) is 23.3 Å². The zero-order valence-corrected chi connectivity index (χ0v) is 12.5. The van der Waals surface area contributed by atoms with Gasteiger partial charge in [-0.2, -0.15) is 0 Å². The number of hydrogen-bond acceptors (Lipinski definition) is 4. The van der Waals surface area contributed by atoms with Gasteiger partial charge in [-0.1, -0.05) is 41.7 Å². The smallest absolute Gasteiger partial charge is 0.210 e. The summed E-state index contributed by atoms with van der Waals surface area (Å²) in [5, 5.41) is 10.2. The number of aromatic nitrogens is 1. The lowest BCUT2D eigenvalue weighted by Crippen LogP contribution is -2.08. The number of thiazole rings is 1. The van der Waals surface area contributed by atoms with Crippen LogP contribution >= 0.6 is 11.3 Å². The van der Waals surface area contributed by atoms with Crippen LogP contribution in [-0.4, -0.2) is 22.5 Å². The number of benzene rings is 1. The number of hydrogen-bond donors (Lipinski definition) is 1. The van der Waals surface area contributed by atoms with Crippen molar-refractivity contribution in [1.29, 1.82) is 0 Å². The SMILES string of the molecule is CN=c1sc(/C=C2/C(=O)C=Cc3ccccc32)c(O)n1C. The molecule has 0 fully saturated rings. The first kappa shape index (κ1) is 13.6. The Hall–Kier alpha value is -2.40. The van der Waals surface area contributed by atoms with Crippen molar-refractivity contribution in [2.24, 2.45) is 12.0 Å². The first-order valence-corrected chi connectivity index (χ1v) is 7.28. The minimum absolute atomic E-state index is 0.0564. The topological polar surface area (TPSA) is 54.6 Å². The molecule has 0 saturated carbocycles. The zero-order chi connectivity index (χ0) is 15.0. The van der Waals surface area contributed by atoms with E-state index in [9.17, 15) is 9.90 Å². The third-order valence-electron chi connectivity index (χ3n) is 3.42. The Morgan fingerprint density at radius 1 is 1.29 bits per heavy atom. The summed E-state index contributed by atoms with van der Waals surface area (Å²) in [6.07, 6.45) is 5.11. The van der Waals surface area contributed by atoms with Gasteiger partial charge >= 0.3 is 0 Å². The number of nitrogens with zero attached hydrogens (tertiary/aromatic N) is 2. The summed E-state index contributed by atoms with van der Waals surface area (Å²) in [4.78, 5) is 17.6. The summed E-state index contributed by atoms with van der Waals surface area (Å²) in [6.45, 7) is 0. The molecular weight excluding hydrogens is 284 g/mol. The van der Waals surface area contributed by atoms with Crippen LogP contribution in [0.15, 0.2) is 35.3 Å². The second-order valence-electron chi connectivity index (χ2n) is 4.70. The van der Waals surface area contributed by atoms with Crippen molar-refractivity contribution in [1.82, 2.24) is 4.57 Å². The Morgan fingerprint density at radius 2 is 2.05 bits per heavy atom. The van der Waals surface area contributed by atoms with Crippen molar-refractivity contribution in [3.05, 3.63) is 51.1 Å². The molecule has 0 saturated heterocycles. The fourth-order valence-corrected chi connectivity index (χ4v) is 3.23. The molecule has 0 amide bonds. The van der Waals surface area contributed by atoms with Crippen molar-refractivity contribution in [2.45, 2.75) is 0 Å². The maximum atomic E-state index is 12.2. The van der Waals surface area contributed by atoms with Crippen molar-refractivity contribution < 1.29 is 9.90 Å². The van der Waals surface area contributed by atoms with Gasteiger partial charge in [0.25, 0.3) is 0 Å². The van der Waals surface area contributed by atoms with Crippen LogP contribution in [0.4, 0.5) is 0 Å². The second kappa shape index (κ2) is 5.18. The van der Waals surface area contributed by atoms with E-state index in [1.165, 1.54) is 11.3 Å². The summed E-state index contributed by atoms with van der Waals surface area (Å²) in [6, 6.07) is 7.72. The number of rotatable bonds is 1. The number of allylic oxidation sites excluding steroid dienone is 2. The number of fused-ring (bicyclic) bond motifs is 1. The first-order valence-electron chi connectivity index (χ1n) is 6.47. The summed E-state index contributed by atoms with van der Waals surface area (Å²) in [5.41, 5.74) is 2.48. The minimum Gasteiger partial charge on any atom is -0.493 e. The normalized spacial score (nSPS) is 16.6. The third-order valence-corrected chi connectivity index (χ3v) is 4.58. The van der Waals surface area contributed by atoms with Gasteiger partial charge in [-0.15, -0.1) is 0 Å². The van der Waals surface area contributed by atoms with E-state index in [0.717, 1.165) is 11.1 Å². The van der Waals surface area contributed by atoms with Crippen LogP contribution in [0.5, 0.6) is 5.88 Å². The maximum Gasteiger partial charge on any atom is 0.210 e. The first-order chi connectivity index (χ1) is 10.1. The van der Waals surface area contributed by atoms with Gasteiger partial charge in [-0.25, -0.2) is 0 Å². The van der Waals surface area contributed by atoms with Crippen LogP contribution in [0.25, 0.3) is 17.7 Å². The Labute approximate surface area is 126 Å². The largest absolute Gasteiger partial charge is 0.493 e. The molecule has 106 valence electrons. The second-order valence-corrected chi connectivity index (χ2v) is 5.71. The van der Waals surface area contributed by atoms with Gasteiger partial charge < -0.3 is 5.11 Å².